The number of halogens is 3. The topological polar surface area (TPSA) is 80.9 Å². The monoisotopic (exact) mass is 354 g/mol. The highest BCUT2D eigenvalue weighted by molar-refractivity contribution is 5.95. The van der Waals surface area contributed by atoms with Crippen LogP contribution >= 0.6 is 0 Å². The molecule has 0 aromatic carbocycles. The highest BCUT2D eigenvalue weighted by atomic mass is 19.4. The van der Waals surface area contributed by atoms with E-state index in [1.807, 2.05) is 0 Å². The Hall–Kier alpha value is -2.45. The highest BCUT2D eigenvalue weighted by Crippen LogP contribution is 2.32. The standard InChI is InChI=1S/C16H17F3N4O2/c1-9-22-23-14(25-9)7-10-2-3-11(6-10)21-15(24)12-4-5-20-8-13(12)16(17,18)19/h4-5,8,10-11H,2-3,6-7H2,1H3,(H,21,24)/t10-,11+/m1/s1. The summed E-state index contributed by atoms with van der Waals surface area (Å²) in [4.78, 5) is 15.7. The molecule has 0 unspecified atom stereocenters. The number of hydrogen-bond donors (Lipinski definition) is 1. The number of nitrogens with zero attached hydrogens (tertiary/aromatic N) is 3. The zero-order valence-electron chi connectivity index (χ0n) is 13.5. The van der Waals surface area contributed by atoms with Crippen molar-refractivity contribution in [3.05, 3.63) is 41.4 Å². The van der Waals surface area contributed by atoms with Crippen LogP contribution in [0, 0.1) is 12.8 Å². The van der Waals surface area contributed by atoms with Gasteiger partial charge in [-0.15, -0.1) is 10.2 Å². The molecule has 1 aliphatic rings. The maximum atomic E-state index is 13.0. The molecule has 0 bridgehead atoms. The number of aryl methyl sites for hydroxylation is 1. The number of carbonyl (C=O) groups excluding carboxylic acids is 1. The maximum absolute atomic E-state index is 13.0. The highest BCUT2D eigenvalue weighted by Gasteiger charge is 2.36. The Kier molecular flexibility index (Phi) is 4.73. The Labute approximate surface area is 141 Å². The van der Waals surface area contributed by atoms with Crippen molar-refractivity contribution in [3.63, 3.8) is 0 Å². The van der Waals surface area contributed by atoms with E-state index in [1.54, 1.807) is 6.92 Å². The van der Waals surface area contributed by atoms with E-state index in [9.17, 15) is 18.0 Å². The second-order valence-corrected chi connectivity index (χ2v) is 6.19. The molecule has 1 saturated carbocycles. The van der Waals surface area contributed by atoms with E-state index in [0.717, 1.165) is 12.5 Å². The van der Waals surface area contributed by atoms with Crippen LogP contribution in [0.3, 0.4) is 0 Å². The summed E-state index contributed by atoms with van der Waals surface area (Å²) in [6, 6.07) is 0.919. The Morgan fingerprint density at radius 3 is 2.84 bits per heavy atom. The van der Waals surface area contributed by atoms with Gasteiger partial charge in [-0.05, 0) is 31.2 Å². The zero-order valence-corrected chi connectivity index (χ0v) is 13.5. The number of hydrogen-bond acceptors (Lipinski definition) is 5. The molecule has 1 fully saturated rings. The summed E-state index contributed by atoms with van der Waals surface area (Å²) in [7, 11) is 0. The SMILES string of the molecule is Cc1nnc(C[C@@H]2CC[C@H](NC(=O)c3ccncc3C(F)(F)F)C2)o1. The number of rotatable bonds is 4. The molecule has 0 radical (unpaired) electrons. The zero-order chi connectivity index (χ0) is 18.0. The molecular formula is C16H17F3N4O2. The van der Waals surface area contributed by atoms with Gasteiger partial charge in [-0.1, -0.05) is 0 Å². The number of pyridine rings is 1. The molecule has 2 aromatic rings. The minimum absolute atomic E-state index is 0.171. The third kappa shape index (κ3) is 4.15. The first-order valence-corrected chi connectivity index (χ1v) is 7.94. The molecule has 6 nitrogen and oxygen atoms in total. The van der Waals surface area contributed by atoms with Crippen LogP contribution in [0.15, 0.2) is 22.9 Å². The average Bonchev–Trinajstić information content (AvgIpc) is 3.16. The van der Waals surface area contributed by atoms with Gasteiger partial charge in [0.05, 0.1) is 11.1 Å². The predicted molar refractivity (Wildman–Crippen MR) is 80.6 cm³/mol. The molecule has 2 atom stereocenters. The molecule has 1 aliphatic carbocycles. The van der Waals surface area contributed by atoms with Crippen molar-refractivity contribution in [1.82, 2.24) is 20.5 Å². The van der Waals surface area contributed by atoms with Gasteiger partial charge in [-0.25, -0.2) is 0 Å². The van der Waals surface area contributed by atoms with Gasteiger partial charge in [0.25, 0.3) is 5.91 Å². The van der Waals surface area contributed by atoms with Crippen molar-refractivity contribution in [2.75, 3.05) is 0 Å². The lowest BCUT2D eigenvalue weighted by atomic mass is 10.0. The van der Waals surface area contributed by atoms with Crippen molar-refractivity contribution >= 4 is 5.91 Å². The Bertz CT molecular complexity index is 760. The van der Waals surface area contributed by atoms with Gasteiger partial charge in [0.1, 0.15) is 0 Å². The first-order valence-electron chi connectivity index (χ1n) is 7.94. The van der Waals surface area contributed by atoms with Gasteiger partial charge in [0.2, 0.25) is 11.8 Å². The van der Waals surface area contributed by atoms with Crippen molar-refractivity contribution in [2.45, 2.75) is 44.8 Å². The summed E-state index contributed by atoms with van der Waals surface area (Å²) in [5.41, 5.74) is -1.43. The second kappa shape index (κ2) is 6.81. The van der Waals surface area contributed by atoms with Crippen molar-refractivity contribution < 1.29 is 22.4 Å². The van der Waals surface area contributed by atoms with Crippen LogP contribution in [-0.4, -0.2) is 27.1 Å². The lowest BCUT2D eigenvalue weighted by Crippen LogP contribution is -2.34. The number of amides is 1. The largest absolute Gasteiger partial charge is 0.426 e. The van der Waals surface area contributed by atoms with Gasteiger partial charge >= 0.3 is 6.18 Å². The first kappa shape index (κ1) is 17.4. The van der Waals surface area contributed by atoms with Crippen LogP contribution in [-0.2, 0) is 12.6 Å². The molecular weight excluding hydrogens is 337 g/mol. The van der Waals surface area contributed by atoms with Crippen LogP contribution in [0.5, 0.6) is 0 Å². The molecule has 1 N–H and O–H groups in total. The fourth-order valence-corrected chi connectivity index (χ4v) is 3.14. The van der Waals surface area contributed by atoms with E-state index in [0.29, 0.717) is 37.2 Å². The van der Waals surface area contributed by atoms with Crippen LogP contribution in [0.4, 0.5) is 13.2 Å². The first-order chi connectivity index (χ1) is 11.8. The molecule has 9 heteroatoms. The summed E-state index contributed by atoms with van der Waals surface area (Å²) in [6.07, 6.45) is 0.0550. The average molecular weight is 354 g/mol. The molecule has 3 rings (SSSR count). The lowest BCUT2D eigenvalue weighted by Gasteiger charge is -2.16. The van der Waals surface area contributed by atoms with Gasteiger partial charge in [0.15, 0.2) is 0 Å². The third-order valence-corrected chi connectivity index (χ3v) is 4.28. The molecule has 134 valence electrons. The van der Waals surface area contributed by atoms with E-state index in [4.69, 9.17) is 4.42 Å². The number of aromatic nitrogens is 3. The summed E-state index contributed by atoms with van der Waals surface area (Å²) >= 11 is 0. The van der Waals surface area contributed by atoms with Crippen molar-refractivity contribution in [3.8, 4) is 0 Å². The number of nitrogens with one attached hydrogen (secondary N) is 1. The Morgan fingerprint density at radius 1 is 1.36 bits per heavy atom. The van der Waals surface area contributed by atoms with E-state index in [2.05, 4.69) is 20.5 Å². The molecule has 2 heterocycles. The van der Waals surface area contributed by atoms with Gasteiger partial charge in [-0.3, -0.25) is 9.78 Å². The molecule has 0 spiro atoms. The fraction of sp³-hybridized carbons (Fsp3) is 0.500. The molecule has 0 aliphatic heterocycles. The summed E-state index contributed by atoms with van der Waals surface area (Å²) in [5, 5.41) is 10.4. The lowest BCUT2D eigenvalue weighted by molar-refractivity contribution is -0.138. The maximum Gasteiger partial charge on any atom is 0.418 e. The van der Waals surface area contributed by atoms with Gasteiger partial charge in [-0.2, -0.15) is 13.2 Å². The predicted octanol–water partition coefficient (Wildman–Crippen LogP) is 2.93. The van der Waals surface area contributed by atoms with E-state index in [1.165, 1.54) is 6.20 Å². The fourth-order valence-electron chi connectivity index (χ4n) is 3.14. The second-order valence-electron chi connectivity index (χ2n) is 6.19. The van der Waals surface area contributed by atoms with Gasteiger partial charge in [0, 0.05) is 31.8 Å². The normalized spacial score (nSPS) is 20.6. The van der Waals surface area contributed by atoms with Crippen LogP contribution in [0.25, 0.3) is 0 Å². The Balaban J connectivity index is 1.61. The van der Waals surface area contributed by atoms with Gasteiger partial charge < -0.3 is 9.73 Å². The van der Waals surface area contributed by atoms with E-state index < -0.39 is 23.2 Å². The molecule has 0 saturated heterocycles. The van der Waals surface area contributed by atoms with Crippen LogP contribution in [0.1, 0.15) is 47.0 Å². The van der Waals surface area contributed by atoms with Crippen LogP contribution in [0.2, 0.25) is 0 Å². The van der Waals surface area contributed by atoms with Crippen molar-refractivity contribution in [1.29, 1.82) is 0 Å². The minimum Gasteiger partial charge on any atom is -0.426 e. The molecule has 1 amide bonds. The summed E-state index contributed by atoms with van der Waals surface area (Å²) in [5.74, 6) is 0.567. The van der Waals surface area contributed by atoms with Crippen molar-refractivity contribution in [2.24, 2.45) is 5.92 Å². The van der Waals surface area contributed by atoms with E-state index >= 15 is 0 Å². The quantitative estimate of drug-likeness (QED) is 0.913. The minimum atomic E-state index is -4.62. The number of alkyl halides is 3. The Morgan fingerprint density at radius 2 is 2.16 bits per heavy atom. The van der Waals surface area contributed by atoms with Crippen LogP contribution < -0.4 is 5.32 Å². The van der Waals surface area contributed by atoms with E-state index in [-0.39, 0.29) is 12.0 Å². The molecule has 25 heavy (non-hydrogen) atoms. The third-order valence-electron chi connectivity index (χ3n) is 4.28. The number of carbonyl (C=O) groups is 1. The summed E-state index contributed by atoms with van der Waals surface area (Å²) in [6.45, 7) is 1.71. The smallest absolute Gasteiger partial charge is 0.418 e. The molecule has 2 aromatic heterocycles. The summed E-state index contributed by atoms with van der Waals surface area (Å²) < 4.78 is 44.3.